The molecule has 1 saturated carbocycles. The maximum absolute atomic E-state index is 13.1. The molecular weight excluding hydrogens is 468 g/mol. The van der Waals surface area contributed by atoms with Crippen molar-refractivity contribution < 1.29 is 4.21 Å². The molecule has 1 unspecified atom stereocenters. The van der Waals surface area contributed by atoms with Gasteiger partial charge in [0, 0.05) is 62.6 Å². The Balaban J connectivity index is 1.41. The van der Waals surface area contributed by atoms with Gasteiger partial charge < -0.3 is 14.8 Å². The maximum Gasteiger partial charge on any atom is 0.224 e. The number of rotatable bonds is 9. The first-order chi connectivity index (χ1) is 17.6. The fourth-order valence-corrected chi connectivity index (χ4v) is 6.56. The van der Waals surface area contributed by atoms with Crippen LogP contribution >= 0.6 is 0 Å². The second kappa shape index (κ2) is 11.8. The predicted octanol–water partition coefficient (Wildman–Crippen LogP) is 5.16. The Morgan fingerprint density at radius 3 is 2.53 bits per heavy atom. The molecule has 5 rings (SSSR count). The lowest BCUT2D eigenvalue weighted by molar-refractivity contribution is 0.228. The number of piperazine rings is 1. The summed E-state index contributed by atoms with van der Waals surface area (Å²) in [7, 11) is 1.00. The summed E-state index contributed by atoms with van der Waals surface area (Å²) in [6, 6.07) is 8.26. The first-order valence-corrected chi connectivity index (χ1v) is 14.8. The van der Waals surface area contributed by atoms with Crippen molar-refractivity contribution in [3.05, 3.63) is 36.7 Å². The van der Waals surface area contributed by atoms with Crippen molar-refractivity contribution in [1.29, 1.82) is 0 Å². The van der Waals surface area contributed by atoms with Gasteiger partial charge in [-0.15, -0.1) is 0 Å². The van der Waals surface area contributed by atoms with Crippen LogP contribution in [0.1, 0.15) is 51.9 Å². The molecule has 1 aromatic carbocycles. The van der Waals surface area contributed by atoms with Crippen molar-refractivity contribution in [2.75, 3.05) is 45.1 Å². The lowest BCUT2D eigenvalue weighted by Gasteiger charge is -2.31. The van der Waals surface area contributed by atoms with Gasteiger partial charge in [0.25, 0.3) is 0 Å². The number of nitrogens with one attached hydrogen (secondary N) is 1. The van der Waals surface area contributed by atoms with Crippen LogP contribution in [0.4, 0.5) is 5.95 Å². The first-order valence-electron chi connectivity index (χ1n) is 13.7. The minimum atomic E-state index is -1.12. The lowest BCUT2D eigenvalue weighted by Crippen LogP contribution is -2.45. The summed E-state index contributed by atoms with van der Waals surface area (Å²) in [6.45, 7) is 7.69. The Kier molecular flexibility index (Phi) is 8.34. The van der Waals surface area contributed by atoms with Gasteiger partial charge in [0.1, 0.15) is 16.6 Å². The molecule has 0 radical (unpaired) electrons. The number of hydrogen-bond donors (Lipinski definition) is 1. The number of aromatic nitrogens is 3. The minimum absolute atomic E-state index is 0.710. The van der Waals surface area contributed by atoms with E-state index in [1.54, 1.807) is 0 Å². The van der Waals surface area contributed by atoms with E-state index >= 15 is 0 Å². The summed E-state index contributed by atoms with van der Waals surface area (Å²) in [4.78, 5) is 12.7. The van der Waals surface area contributed by atoms with Crippen molar-refractivity contribution in [2.24, 2.45) is 5.92 Å². The van der Waals surface area contributed by atoms with Crippen LogP contribution in [0.15, 0.2) is 41.6 Å². The largest absolute Gasteiger partial charge is 0.354 e. The zero-order valence-electron chi connectivity index (χ0n) is 21.8. The number of fused-ring (bicyclic) bond motifs is 1. The van der Waals surface area contributed by atoms with Crippen LogP contribution in [0.25, 0.3) is 22.2 Å². The topological polar surface area (TPSA) is 66.3 Å². The van der Waals surface area contributed by atoms with Gasteiger partial charge in [-0.1, -0.05) is 44.7 Å². The van der Waals surface area contributed by atoms with E-state index in [0.29, 0.717) is 11.9 Å². The Labute approximate surface area is 217 Å². The van der Waals surface area contributed by atoms with E-state index in [-0.39, 0.29) is 0 Å². The number of hydrogen-bond acceptors (Lipinski definition) is 5. The van der Waals surface area contributed by atoms with Crippen molar-refractivity contribution in [1.82, 2.24) is 23.7 Å². The quantitative estimate of drug-likeness (QED) is 0.405. The number of likely N-dealkylation sites (N-methyl/N-ethyl adjacent to an activating group) is 1. The van der Waals surface area contributed by atoms with Crippen molar-refractivity contribution in [2.45, 2.75) is 63.3 Å². The van der Waals surface area contributed by atoms with Gasteiger partial charge in [-0.25, -0.2) is 13.5 Å². The average molecular weight is 509 g/mol. The second-order valence-corrected chi connectivity index (χ2v) is 11.9. The minimum Gasteiger partial charge on any atom is -0.354 e. The van der Waals surface area contributed by atoms with E-state index in [0.717, 1.165) is 79.2 Å². The van der Waals surface area contributed by atoms with Gasteiger partial charge in [-0.2, -0.15) is 4.98 Å². The molecule has 0 bridgehead atoms. The number of nitrogens with zero attached hydrogens (tertiary/aromatic N) is 5. The standard InChI is InChI=1S/C28H40N6OS/c1-3-4-14-29-28-30-19-25-26(21-33(27(25)31-28)20-22-8-6-5-7-9-22)23-10-12-24(13-11-23)36(35)34-17-15-32(2)16-18-34/h10-13,19,21-22H,3-9,14-18,20H2,1-2H3,(H,29,30,31). The van der Waals surface area contributed by atoms with Crippen LogP contribution in [-0.2, 0) is 17.5 Å². The van der Waals surface area contributed by atoms with Crippen LogP contribution in [0.3, 0.4) is 0 Å². The lowest BCUT2D eigenvalue weighted by atomic mass is 9.89. The second-order valence-electron chi connectivity index (χ2n) is 10.4. The Morgan fingerprint density at radius 1 is 1.06 bits per heavy atom. The molecular formula is C28H40N6OS. The van der Waals surface area contributed by atoms with Crippen molar-refractivity contribution in [3.8, 4) is 11.1 Å². The smallest absolute Gasteiger partial charge is 0.224 e. The van der Waals surface area contributed by atoms with Gasteiger partial charge in [0.15, 0.2) is 0 Å². The van der Waals surface area contributed by atoms with Gasteiger partial charge in [-0.05, 0) is 49.9 Å². The molecule has 8 heteroatoms. The summed E-state index contributed by atoms with van der Waals surface area (Å²) < 4.78 is 17.6. The third-order valence-electron chi connectivity index (χ3n) is 7.67. The highest BCUT2D eigenvalue weighted by atomic mass is 32.2. The van der Waals surface area contributed by atoms with Crippen LogP contribution in [0.2, 0.25) is 0 Å². The molecule has 1 aliphatic heterocycles. The molecule has 0 spiro atoms. The molecule has 36 heavy (non-hydrogen) atoms. The number of benzene rings is 1. The molecule has 3 heterocycles. The van der Waals surface area contributed by atoms with E-state index in [2.05, 4.69) is 56.4 Å². The zero-order chi connectivity index (χ0) is 24.9. The normalized spacial score (nSPS) is 19.1. The highest BCUT2D eigenvalue weighted by molar-refractivity contribution is 7.82. The first kappa shape index (κ1) is 25.4. The fraction of sp³-hybridized carbons (Fsp3) is 0.571. The summed E-state index contributed by atoms with van der Waals surface area (Å²) in [5.41, 5.74) is 3.28. The van der Waals surface area contributed by atoms with Crippen LogP contribution in [-0.4, -0.2) is 67.7 Å². The van der Waals surface area contributed by atoms with E-state index in [4.69, 9.17) is 4.98 Å². The highest BCUT2D eigenvalue weighted by Crippen LogP contribution is 2.33. The van der Waals surface area contributed by atoms with Crippen molar-refractivity contribution >= 4 is 28.0 Å². The number of unbranched alkanes of at least 4 members (excludes halogenated alkanes) is 1. The van der Waals surface area contributed by atoms with E-state index in [9.17, 15) is 4.21 Å². The van der Waals surface area contributed by atoms with Crippen LogP contribution in [0.5, 0.6) is 0 Å². The molecule has 1 atom stereocenters. The average Bonchev–Trinajstić information content (AvgIpc) is 3.27. The highest BCUT2D eigenvalue weighted by Gasteiger charge is 2.21. The molecule has 1 aliphatic carbocycles. The van der Waals surface area contributed by atoms with E-state index < -0.39 is 11.0 Å². The molecule has 2 fully saturated rings. The SMILES string of the molecule is CCCCNc1ncc2c(-c3ccc(S(=O)N4CCN(C)CC4)cc3)cn(CC3CCCCC3)c2n1. The third-order valence-corrected chi connectivity index (χ3v) is 9.18. The van der Waals surface area contributed by atoms with Gasteiger partial charge >= 0.3 is 0 Å². The molecule has 2 aliphatic rings. The molecule has 194 valence electrons. The van der Waals surface area contributed by atoms with Gasteiger partial charge in [0.05, 0.1) is 4.90 Å². The van der Waals surface area contributed by atoms with Gasteiger partial charge in [-0.3, -0.25) is 0 Å². The fourth-order valence-electron chi connectivity index (χ4n) is 5.40. The molecule has 7 nitrogen and oxygen atoms in total. The molecule has 1 N–H and O–H groups in total. The van der Waals surface area contributed by atoms with Crippen molar-refractivity contribution in [3.63, 3.8) is 0 Å². The Hall–Kier alpha value is -2.29. The summed E-state index contributed by atoms with van der Waals surface area (Å²) in [5.74, 6) is 1.42. The maximum atomic E-state index is 13.1. The molecule has 0 amide bonds. The third kappa shape index (κ3) is 5.82. The zero-order valence-corrected chi connectivity index (χ0v) is 22.6. The van der Waals surface area contributed by atoms with E-state index in [1.807, 2.05) is 18.3 Å². The predicted molar refractivity (Wildman–Crippen MR) is 148 cm³/mol. The van der Waals surface area contributed by atoms with Crippen LogP contribution in [0, 0.1) is 5.92 Å². The Bertz CT molecular complexity index is 1160. The molecule has 2 aromatic heterocycles. The summed E-state index contributed by atoms with van der Waals surface area (Å²) in [6.07, 6.45) is 13.1. The van der Waals surface area contributed by atoms with E-state index in [1.165, 1.54) is 32.1 Å². The Morgan fingerprint density at radius 2 is 1.81 bits per heavy atom. The van der Waals surface area contributed by atoms with Crippen LogP contribution < -0.4 is 5.32 Å². The molecule has 1 saturated heterocycles. The molecule has 3 aromatic rings. The monoisotopic (exact) mass is 508 g/mol. The number of anilines is 1. The summed E-state index contributed by atoms with van der Waals surface area (Å²) >= 11 is 0. The van der Waals surface area contributed by atoms with Gasteiger partial charge in [0.2, 0.25) is 5.95 Å². The summed E-state index contributed by atoms with van der Waals surface area (Å²) in [5, 5.41) is 4.48.